The second kappa shape index (κ2) is 4.53. The van der Waals surface area contributed by atoms with E-state index >= 15 is 0 Å². The van der Waals surface area contributed by atoms with Gasteiger partial charge in [-0.1, -0.05) is 24.6 Å². The smallest absolute Gasteiger partial charge is 0.130 e. The molecule has 2 aromatic rings. The third-order valence-electron chi connectivity index (χ3n) is 2.98. The van der Waals surface area contributed by atoms with Gasteiger partial charge < -0.3 is 5.73 Å². The molecule has 0 amide bonds. The van der Waals surface area contributed by atoms with Gasteiger partial charge in [0.2, 0.25) is 0 Å². The van der Waals surface area contributed by atoms with Crippen LogP contribution in [0.2, 0.25) is 0 Å². The van der Waals surface area contributed by atoms with Gasteiger partial charge in [0.25, 0.3) is 0 Å². The lowest BCUT2D eigenvalue weighted by atomic mass is 9.98. The fraction of sp³-hybridized carbons (Fsp3) is 0.286. The molecule has 3 nitrogen and oxygen atoms in total. The summed E-state index contributed by atoms with van der Waals surface area (Å²) in [7, 11) is 0. The predicted molar refractivity (Wildman–Crippen MR) is 70.7 cm³/mol. The fourth-order valence-electron chi connectivity index (χ4n) is 2.00. The van der Waals surface area contributed by atoms with Gasteiger partial charge in [-0.15, -0.1) is 0 Å². The van der Waals surface area contributed by atoms with Crippen LogP contribution in [0.4, 0.5) is 5.82 Å². The van der Waals surface area contributed by atoms with Gasteiger partial charge in [-0.2, -0.15) is 0 Å². The van der Waals surface area contributed by atoms with E-state index in [1.54, 1.807) is 0 Å². The predicted octanol–water partition coefficient (Wildman–Crippen LogP) is 2.91. The van der Waals surface area contributed by atoms with Crippen molar-refractivity contribution in [2.24, 2.45) is 0 Å². The van der Waals surface area contributed by atoms with E-state index in [4.69, 9.17) is 5.73 Å². The summed E-state index contributed by atoms with van der Waals surface area (Å²) in [5, 5.41) is 0. The number of nitrogen functional groups attached to an aromatic ring is 1. The number of aromatic nitrogens is 2. The summed E-state index contributed by atoms with van der Waals surface area (Å²) in [5.41, 5.74) is 11.5. The van der Waals surface area contributed by atoms with E-state index in [0.29, 0.717) is 5.82 Å². The number of hydrogen-bond donors (Lipinski definition) is 1. The lowest BCUT2D eigenvalue weighted by molar-refractivity contribution is 1.06. The highest BCUT2D eigenvalue weighted by Gasteiger charge is 2.11. The van der Waals surface area contributed by atoms with Crippen molar-refractivity contribution in [1.29, 1.82) is 0 Å². The Hall–Kier alpha value is -1.90. The fourth-order valence-corrected chi connectivity index (χ4v) is 2.00. The average Bonchev–Trinajstić information content (AvgIpc) is 2.32. The van der Waals surface area contributed by atoms with Gasteiger partial charge >= 0.3 is 0 Å². The lowest BCUT2D eigenvalue weighted by Gasteiger charge is -2.11. The molecule has 0 aliphatic rings. The zero-order valence-electron chi connectivity index (χ0n) is 10.5. The molecule has 0 unspecified atom stereocenters. The highest BCUT2D eigenvalue weighted by Crippen LogP contribution is 2.28. The average molecular weight is 227 g/mol. The summed E-state index contributed by atoms with van der Waals surface area (Å²) in [5.74, 6) is 0.582. The third kappa shape index (κ3) is 2.13. The summed E-state index contributed by atoms with van der Waals surface area (Å²) in [6.07, 6.45) is 2.38. The summed E-state index contributed by atoms with van der Waals surface area (Å²) in [4.78, 5) is 8.45. The van der Waals surface area contributed by atoms with E-state index in [1.165, 1.54) is 17.5 Å². The maximum atomic E-state index is 5.91. The van der Waals surface area contributed by atoms with Crippen LogP contribution in [0.3, 0.4) is 0 Å². The standard InChI is InChI=1S/C14H17N3/c1-4-11-13(16-8-17-14(11)15)12-7-9(2)5-6-10(12)3/h5-8H,4H2,1-3H3,(H2,15,16,17). The number of benzene rings is 1. The van der Waals surface area contributed by atoms with Crippen LogP contribution in [0, 0.1) is 13.8 Å². The molecule has 0 radical (unpaired) electrons. The van der Waals surface area contributed by atoms with E-state index in [9.17, 15) is 0 Å². The van der Waals surface area contributed by atoms with Crippen molar-refractivity contribution in [3.8, 4) is 11.3 Å². The summed E-state index contributed by atoms with van der Waals surface area (Å²) in [6, 6.07) is 6.37. The lowest BCUT2D eigenvalue weighted by Crippen LogP contribution is -2.02. The molecule has 0 aliphatic carbocycles. The second-order valence-electron chi connectivity index (χ2n) is 4.26. The van der Waals surface area contributed by atoms with Crippen LogP contribution in [0.25, 0.3) is 11.3 Å². The van der Waals surface area contributed by atoms with Crippen LogP contribution >= 0.6 is 0 Å². The molecule has 0 fully saturated rings. The minimum atomic E-state index is 0.582. The van der Waals surface area contributed by atoms with Gasteiger partial charge in [0, 0.05) is 11.1 Å². The maximum Gasteiger partial charge on any atom is 0.130 e. The molecule has 0 saturated heterocycles. The molecule has 0 atom stereocenters. The molecule has 2 N–H and O–H groups in total. The molecule has 0 aliphatic heterocycles. The molecular formula is C14H17N3. The topological polar surface area (TPSA) is 51.8 Å². The molecule has 3 heteroatoms. The van der Waals surface area contributed by atoms with Gasteiger partial charge in [0.15, 0.2) is 0 Å². The highest BCUT2D eigenvalue weighted by atomic mass is 14.9. The van der Waals surface area contributed by atoms with Crippen molar-refractivity contribution in [2.45, 2.75) is 27.2 Å². The van der Waals surface area contributed by atoms with Crippen molar-refractivity contribution in [2.75, 3.05) is 5.73 Å². The van der Waals surface area contributed by atoms with Gasteiger partial charge in [-0.05, 0) is 31.9 Å². The number of anilines is 1. The van der Waals surface area contributed by atoms with Crippen molar-refractivity contribution in [1.82, 2.24) is 9.97 Å². The van der Waals surface area contributed by atoms with Crippen molar-refractivity contribution >= 4 is 5.82 Å². The van der Waals surface area contributed by atoms with Gasteiger partial charge in [0.1, 0.15) is 12.1 Å². The Morgan fingerprint density at radius 2 is 1.94 bits per heavy atom. The first-order valence-electron chi connectivity index (χ1n) is 5.80. The molecule has 88 valence electrons. The molecule has 17 heavy (non-hydrogen) atoms. The summed E-state index contributed by atoms with van der Waals surface area (Å²) in [6.45, 7) is 6.25. The Kier molecular flexibility index (Phi) is 3.09. The number of aryl methyl sites for hydroxylation is 2. The highest BCUT2D eigenvalue weighted by molar-refractivity contribution is 5.70. The third-order valence-corrected chi connectivity index (χ3v) is 2.98. The Morgan fingerprint density at radius 3 is 2.65 bits per heavy atom. The Morgan fingerprint density at radius 1 is 1.18 bits per heavy atom. The van der Waals surface area contributed by atoms with Gasteiger partial charge in [-0.25, -0.2) is 9.97 Å². The minimum Gasteiger partial charge on any atom is -0.383 e. The molecule has 0 spiro atoms. The molecule has 1 aromatic heterocycles. The normalized spacial score (nSPS) is 10.5. The molecule has 0 bridgehead atoms. The molecule has 1 aromatic carbocycles. The molecule has 2 rings (SSSR count). The van der Waals surface area contributed by atoms with Crippen LogP contribution in [-0.4, -0.2) is 9.97 Å². The summed E-state index contributed by atoms with van der Waals surface area (Å²) < 4.78 is 0. The van der Waals surface area contributed by atoms with Crippen LogP contribution < -0.4 is 5.73 Å². The van der Waals surface area contributed by atoms with Crippen molar-refractivity contribution < 1.29 is 0 Å². The van der Waals surface area contributed by atoms with E-state index in [-0.39, 0.29) is 0 Å². The van der Waals surface area contributed by atoms with Crippen molar-refractivity contribution in [3.05, 3.63) is 41.2 Å². The molecule has 0 saturated carbocycles. The molecular weight excluding hydrogens is 210 g/mol. The SMILES string of the molecule is CCc1c(N)ncnc1-c1cc(C)ccc1C. The van der Waals surface area contributed by atoms with E-state index in [1.807, 2.05) is 0 Å². The quantitative estimate of drug-likeness (QED) is 0.858. The minimum absolute atomic E-state index is 0.582. The Balaban J connectivity index is 2.68. The largest absolute Gasteiger partial charge is 0.383 e. The maximum absolute atomic E-state index is 5.91. The van der Waals surface area contributed by atoms with E-state index in [0.717, 1.165) is 23.2 Å². The van der Waals surface area contributed by atoms with Crippen LogP contribution in [0.5, 0.6) is 0 Å². The molecule has 1 heterocycles. The zero-order valence-corrected chi connectivity index (χ0v) is 10.5. The van der Waals surface area contributed by atoms with Crippen LogP contribution in [0.15, 0.2) is 24.5 Å². The first kappa shape index (κ1) is 11.6. The number of nitrogens with zero attached hydrogens (tertiary/aromatic N) is 2. The van der Waals surface area contributed by atoms with E-state index < -0.39 is 0 Å². The van der Waals surface area contributed by atoms with E-state index in [2.05, 4.69) is 48.9 Å². The first-order chi connectivity index (χ1) is 8.13. The van der Waals surface area contributed by atoms with Gasteiger partial charge in [0.05, 0.1) is 5.69 Å². The summed E-state index contributed by atoms with van der Waals surface area (Å²) >= 11 is 0. The van der Waals surface area contributed by atoms with Crippen LogP contribution in [0.1, 0.15) is 23.6 Å². The van der Waals surface area contributed by atoms with Crippen molar-refractivity contribution in [3.63, 3.8) is 0 Å². The van der Waals surface area contributed by atoms with Gasteiger partial charge in [-0.3, -0.25) is 0 Å². The van der Waals surface area contributed by atoms with Crippen LogP contribution in [-0.2, 0) is 6.42 Å². The number of rotatable bonds is 2. The Bertz CT molecular complexity index is 547. The zero-order chi connectivity index (χ0) is 12.4. The monoisotopic (exact) mass is 227 g/mol. The Labute approximate surface area is 102 Å². The number of hydrogen-bond acceptors (Lipinski definition) is 3. The first-order valence-corrected chi connectivity index (χ1v) is 5.80. The second-order valence-corrected chi connectivity index (χ2v) is 4.26. The number of nitrogens with two attached hydrogens (primary N) is 1.